The number of halogens is 1. The molecule has 1 rings (SSSR count). The Morgan fingerprint density at radius 3 is 2.86 bits per heavy atom. The SMILES string of the molecule is COCCN/C=C(/C#N)C(=O)Nc1cc(Cl)ccc1OC. The summed E-state index contributed by atoms with van der Waals surface area (Å²) < 4.78 is 9.97. The summed E-state index contributed by atoms with van der Waals surface area (Å²) in [6, 6.07) is 6.64. The maximum Gasteiger partial charge on any atom is 0.267 e. The van der Waals surface area contributed by atoms with Crippen molar-refractivity contribution in [3.63, 3.8) is 0 Å². The number of carbonyl (C=O) groups excluding carboxylic acids is 1. The van der Waals surface area contributed by atoms with Gasteiger partial charge in [0, 0.05) is 24.9 Å². The molecule has 6 nitrogen and oxygen atoms in total. The van der Waals surface area contributed by atoms with Gasteiger partial charge in [0.05, 0.1) is 19.4 Å². The van der Waals surface area contributed by atoms with Gasteiger partial charge in [-0.1, -0.05) is 11.6 Å². The highest BCUT2D eigenvalue weighted by molar-refractivity contribution is 6.31. The predicted octanol–water partition coefficient (Wildman–Crippen LogP) is 1.93. The smallest absolute Gasteiger partial charge is 0.267 e. The third-order valence-electron chi connectivity index (χ3n) is 2.47. The zero-order valence-electron chi connectivity index (χ0n) is 11.8. The van der Waals surface area contributed by atoms with Crippen molar-refractivity contribution in [2.24, 2.45) is 0 Å². The molecule has 0 spiro atoms. The van der Waals surface area contributed by atoms with Crippen molar-refractivity contribution in [3.05, 3.63) is 35.0 Å². The Bertz CT molecular complexity index is 567. The highest BCUT2D eigenvalue weighted by atomic mass is 35.5. The van der Waals surface area contributed by atoms with Crippen molar-refractivity contribution >= 4 is 23.2 Å². The van der Waals surface area contributed by atoms with Crippen LogP contribution in [0.3, 0.4) is 0 Å². The van der Waals surface area contributed by atoms with Gasteiger partial charge in [-0.15, -0.1) is 0 Å². The number of hydrogen-bond acceptors (Lipinski definition) is 5. The molecule has 0 radical (unpaired) electrons. The summed E-state index contributed by atoms with van der Waals surface area (Å²) in [5.41, 5.74) is 0.334. The van der Waals surface area contributed by atoms with Gasteiger partial charge in [0.25, 0.3) is 5.91 Å². The number of rotatable bonds is 7. The normalized spacial score (nSPS) is 10.7. The highest BCUT2D eigenvalue weighted by Crippen LogP contribution is 2.27. The van der Waals surface area contributed by atoms with Gasteiger partial charge in [-0.3, -0.25) is 4.79 Å². The molecule has 0 aliphatic rings. The Morgan fingerprint density at radius 2 is 2.24 bits per heavy atom. The van der Waals surface area contributed by atoms with Crippen LogP contribution in [0.25, 0.3) is 0 Å². The number of methoxy groups -OCH3 is 2. The number of nitrogens with zero attached hydrogens (tertiary/aromatic N) is 1. The minimum absolute atomic E-state index is 0.0619. The third kappa shape index (κ3) is 5.34. The van der Waals surface area contributed by atoms with Crippen LogP contribution in [0.4, 0.5) is 5.69 Å². The average Bonchev–Trinajstić information content (AvgIpc) is 2.47. The summed E-state index contributed by atoms with van der Waals surface area (Å²) in [6.07, 6.45) is 1.34. The first kappa shape index (κ1) is 16.8. The van der Waals surface area contributed by atoms with Crippen LogP contribution in [0, 0.1) is 11.3 Å². The van der Waals surface area contributed by atoms with E-state index in [1.165, 1.54) is 13.3 Å². The molecule has 2 N–H and O–H groups in total. The van der Waals surface area contributed by atoms with Crippen molar-refractivity contribution in [1.29, 1.82) is 5.26 Å². The third-order valence-corrected chi connectivity index (χ3v) is 2.71. The standard InChI is InChI=1S/C14H16ClN3O3/c1-20-6-5-17-9-10(8-16)14(19)18-12-7-11(15)3-4-13(12)21-2/h3-4,7,9,17H,5-6H2,1-2H3,(H,18,19)/b10-9-. The number of hydrogen-bond donors (Lipinski definition) is 2. The van der Waals surface area contributed by atoms with Gasteiger partial charge in [-0.05, 0) is 18.2 Å². The first-order valence-corrected chi connectivity index (χ1v) is 6.47. The van der Waals surface area contributed by atoms with Crippen molar-refractivity contribution in [2.45, 2.75) is 0 Å². The number of nitrogens with one attached hydrogen (secondary N) is 2. The topological polar surface area (TPSA) is 83.4 Å². The molecule has 0 unspecified atom stereocenters. The molecule has 0 fully saturated rings. The van der Waals surface area contributed by atoms with Crippen LogP contribution in [0.15, 0.2) is 30.0 Å². The molecule has 0 bridgehead atoms. The number of benzene rings is 1. The highest BCUT2D eigenvalue weighted by Gasteiger charge is 2.12. The largest absolute Gasteiger partial charge is 0.495 e. The summed E-state index contributed by atoms with van der Waals surface area (Å²) >= 11 is 5.88. The molecule has 1 aromatic carbocycles. The lowest BCUT2D eigenvalue weighted by Gasteiger charge is -2.10. The fourth-order valence-corrected chi connectivity index (χ4v) is 1.62. The molecule has 112 valence electrons. The summed E-state index contributed by atoms with van der Waals surface area (Å²) in [6.45, 7) is 0.967. The Kier molecular flexibility index (Phi) is 7.09. The average molecular weight is 310 g/mol. The lowest BCUT2D eigenvalue weighted by atomic mass is 10.2. The van der Waals surface area contributed by atoms with Gasteiger partial charge >= 0.3 is 0 Å². The second kappa shape index (κ2) is 8.84. The van der Waals surface area contributed by atoms with Crippen LogP contribution < -0.4 is 15.4 Å². The second-order valence-corrected chi connectivity index (χ2v) is 4.35. The van der Waals surface area contributed by atoms with Crippen LogP contribution in [0.2, 0.25) is 5.02 Å². The fourth-order valence-electron chi connectivity index (χ4n) is 1.45. The number of anilines is 1. The van der Waals surface area contributed by atoms with E-state index in [0.717, 1.165) is 0 Å². The van der Waals surface area contributed by atoms with Crippen LogP contribution >= 0.6 is 11.6 Å². The van der Waals surface area contributed by atoms with Gasteiger partial charge in [0.1, 0.15) is 17.4 Å². The molecule has 0 saturated heterocycles. The van der Waals surface area contributed by atoms with E-state index >= 15 is 0 Å². The molecule has 0 heterocycles. The Balaban J connectivity index is 2.79. The minimum Gasteiger partial charge on any atom is -0.495 e. The van der Waals surface area contributed by atoms with E-state index in [9.17, 15) is 4.79 Å². The molecule has 0 aliphatic carbocycles. The van der Waals surface area contributed by atoms with Crippen molar-refractivity contribution in [1.82, 2.24) is 5.32 Å². The number of amides is 1. The summed E-state index contributed by atoms with van der Waals surface area (Å²) in [5.74, 6) is -0.0969. The van der Waals surface area contributed by atoms with E-state index < -0.39 is 5.91 Å². The van der Waals surface area contributed by atoms with Gasteiger partial charge < -0.3 is 20.1 Å². The summed E-state index contributed by atoms with van der Waals surface area (Å²) in [7, 11) is 3.04. The van der Waals surface area contributed by atoms with Gasteiger partial charge in [-0.2, -0.15) is 5.26 Å². The Labute approximate surface area is 128 Å². The van der Waals surface area contributed by atoms with Gasteiger partial charge in [0.2, 0.25) is 0 Å². The fraction of sp³-hybridized carbons (Fsp3) is 0.286. The first-order valence-electron chi connectivity index (χ1n) is 6.09. The minimum atomic E-state index is -0.553. The molecule has 7 heteroatoms. The molecular formula is C14H16ClN3O3. The zero-order chi connectivity index (χ0) is 15.7. The van der Waals surface area contributed by atoms with Crippen LogP contribution in [0.1, 0.15) is 0 Å². The predicted molar refractivity (Wildman–Crippen MR) is 80.2 cm³/mol. The second-order valence-electron chi connectivity index (χ2n) is 3.92. The van der Waals surface area contributed by atoms with E-state index in [-0.39, 0.29) is 5.57 Å². The summed E-state index contributed by atoms with van der Waals surface area (Å²) in [5, 5.41) is 14.9. The molecule has 0 saturated carbocycles. The van der Waals surface area contributed by atoms with Crippen molar-refractivity contribution in [3.8, 4) is 11.8 Å². The Morgan fingerprint density at radius 1 is 1.48 bits per heavy atom. The van der Waals surface area contributed by atoms with Crippen molar-refractivity contribution < 1.29 is 14.3 Å². The van der Waals surface area contributed by atoms with E-state index in [1.54, 1.807) is 25.3 Å². The summed E-state index contributed by atoms with van der Waals surface area (Å²) in [4.78, 5) is 12.0. The molecule has 1 amide bonds. The monoisotopic (exact) mass is 309 g/mol. The van der Waals surface area contributed by atoms with E-state index in [1.807, 2.05) is 6.07 Å². The number of nitriles is 1. The maximum absolute atomic E-state index is 12.0. The van der Waals surface area contributed by atoms with Gasteiger partial charge in [0.15, 0.2) is 0 Å². The molecule has 0 aliphatic heterocycles. The lowest BCUT2D eigenvalue weighted by molar-refractivity contribution is -0.112. The van der Waals surface area contributed by atoms with Crippen LogP contribution in [-0.4, -0.2) is 33.3 Å². The maximum atomic E-state index is 12.0. The van der Waals surface area contributed by atoms with Gasteiger partial charge in [-0.25, -0.2) is 0 Å². The Hall–Kier alpha value is -2.23. The van der Waals surface area contributed by atoms with Crippen LogP contribution in [-0.2, 0) is 9.53 Å². The molecule has 21 heavy (non-hydrogen) atoms. The number of ether oxygens (including phenoxy) is 2. The zero-order valence-corrected chi connectivity index (χ0v) is 12.5. The lowest BCUT2D eigenvalue weighted by Crippen LogP contribution is -2.19. The first-order chi connectivity index (χ1) is 10.1. The number of carbonyl (C=O) groups is 1. The van der Waals surface area contributed by atoms with E-state index in [4.69, 9.17) is 26.3 Å². The molecule has 0 aromatic heterocycles. The molecular weight excluding hydrogens is 294 g/mol. The van der Waals surface area contributed by atoms with E-state index in [0.29, 0.717) is 29.6 Å². The van der Waals surface area contributed by atoms with Crippen molar-refractivity contribution in [2.75, 3.05) is 32.7 Å². The quantitative estimate of drug-likeness (QED) is 0.457. The van der Waals surface area contributed by atoms with Crippen LogP contribution in [0.5, 0.6) is 5.75 Å². The molecule has 1 aromatic rings. The molecule has 0 atom stereocenters. The van der Waals surface area contributed by atoms with E-state index in [2.05, 4.69) is 10.6 Å².